The van der Waals surface area contributed by atoms with E-state index in [0.717, 1.165) is 0 Å². The topological polar surface area (TPSA) is 121 Å². The number of nitrogens with one attached hydrogen (secondary N) is 1. The van der Waals surface area contributed by atoms with Gasteiger partial charge in [-0.3, -0.25) is 24.5 Å². The van der Waals surface area contributed by atoms with Crippen LogP contribution in [0.25, 0.3) is 0 Å². The molecule has 3 N–H and O–H groups in total. The zero-order chi connectivity index (χ0) is 11.6. The highest BCUT2D eigenvalue weighted by molar-refractivity contribution is 8.15. The van der Waals surface area contributed by atoms with E-state index < -0.39 is 40.7 Å². The highest BCUT2D eigenvalue weighted by Crippen LogP contribution is 2.28. The first-order valence-corrected chi connectivity index (χ1v) is 4.76. The summed E-state index contributed by atoms with van der Waals surface area (Å²) in [5.74, 6) is -4.87. The van der Waals surface area contributed by atoms with Gasteiger partial charge < -0.3 is 10.2 Å². The van der Waals surface area contributed by atoms with Gasteiger partial charge in [0.1, 0.15) is 5.25 Å². The van der Waals surface area contributed by atoms with E-state index in [9.17, 15) is 19.2 Å². The first-order valence-electron chi connectivity index (χ1n) is 3.88. The van der Waals surface area contributed by atoms with Crippen LogP contribution < -0.4 is 5.32 Å². The molecule has 2 amide bonds. The average Bonchev–Trinajstić information content (AvgIpc) is 2.40. The van der Waals surface area contributed by atoms with Crippen LogP contribution in [0.4, 0.5) is 4.79 Å². The number of carbonyl (C=O) groups excluding carboxylic acids is 2. The molecular formula is C7H7NO6S. The molecule has 1 aliphatic rings. The average molecular weight is 233 g/mol. The number of thioether (sulfide) groups is 1. The lowest BCUT2D eigenvalue weighted by atomic mass is 10.0. The first kappa shape index (κ1) is 11.5. The zero-order valence-electron chi connectivity index (χ0n) is 7.30. The number of hydrogen-bond donors (Lipinski definition) is 3. The Bertz CT molecular complexity index is 340. The Balaban J connectivity index is 2.80. The molecule has 0 aliphatic carbocycles. The van der Waals surface area contributed by atoms with Crippen LogP contribution >= 0.6 is 11.8 Å². The molecule has 7 nitrogen and oxygen atoms in total. The molecule has 1 heterocycles. The van der Waals surface area contributed by atoms with Crippen LogP contribution in [-0.4, -0.2) is 38.5 Å². The minimum atomic E-state index is -1.40. The highest BCUT2D eigenvalue weighted by Gasteiger charge is 2.42. The van der Waals surface area contributed by atoms with Gasteiger partial charge in [-0.15, -0.1) is 0 Å². The molecule has 0 radical (unpaired) electrons. The Morgan fingerprint density at radius 1 is 1.40 bits per heavy atom. The third-order valence-corrected chi connectivity index (χ3v) is 2.91. The summed E-state index contributed by atoms with van der Waals surface area (Å²) in [6.45, 7) is 0. The smallest absolute Gasteiger partial charge is 0.308 e. The van der Waals surface area contributed by atoms with Crippen molar-refractivity contribution in [1.82, 2.24) is 5.32 Å². The van der Waals surface area contributed by atoms with Gasteiger partial charge in [0.15, 0.2) is 0 Å². The van der Waals surface area contributed by atoms with Crippen LogP contribution in [0.3, 0.4) is 0 Å². The molecular weight excluding hydrogens is 226 g/mol. The predicted molar refractivity (Wildman–Crippen MR) is 48.3 cm³/mol. The van der Waals surface area contributed by atoms with Crippen molar-refractivity contribution < 1.29 is 29.4 Å². The third-order valence-electron chi connectivity index (χ3n) is 1.79. The molecule has 1 saturated heterocycles. The van der Waals surface area contributed by atoms with Crippen molar-refractivity contribution in [2.75, 3.05) is 0 Å². The summed E-state index contributed by atoms with van der Waals surface area (Å²) in [5, 5.41) is 17.3. The SMILES string of the molecule is O=C(O)C[C@@H](C(=O)O)[C@H]1SC(=O)NC1=O. The van der Waals surface area contributed by atoms with Gasteiger partial charge in [-0.1, -0.05) is 11.8 Å². The molecule has 82 valence electrons. The van der Waals surface area contributed by atoms with Gasteiger partial charge >= 0.3 is 11.9 Å². The lowest BCUT2D eigenvalue weighted by Crippen LogP contribution is -2.35. The molecule has 0 unspecified atom stereocenters. The molecule has 15 heavy (non-hydrogen) atoms. The van der Waals surface area contributed by atoms with Crippen molar-refractivity contribution in [3.63, 3.8) is 0 Å². The second-order valence-corrected chi connectivity index (χ2v) is 3.97. The largest absolute Gasteiger partial charge is 0.481 e. The van der Waals surface area contributed by atoms with Crippen LogP contribution in [0, 0.1) is 5.92 Å². The molecule has 0 aromatic heterocycles. The molecule has 0 saturated carbocycles. The summed E-state index contributed by atoms with van der Waals surface area (Å²) in [5.41, 5.74) is 0. The van der Waals surface area contributed by atoms with Crippen molar-refractivity contribution in [2.24, 2.45) is 5.92 Å². The number of carbonyl (C=O) groups is 4. The third kappa shape index (κ3) is 2.69. The summed E-state index contributed by atoms with van der Waals surface area (Å²) < 4.78 is 0. The Kier molecular flexibility index (Phi) is 3.30. The van der Waals surface area contributed by atoms with Crippen LogP contribution in [0.5, 0.6) is 0 Å². The number of imide groups is 1. The number of aliphatic carboxylic acids is 2. The number of amides is 2. The van der Waals surface area contributed by atoms with E-state index in [0.29, 0.717) is 11.8 Å². The lowest BCUT2D eigenvalue weighted by Gasteiger charge is -2.12. The predicted octanol–water partition coefficient (Wildman–Crippen LogP) is -0.486. The normalized spacial score (nSPS) is 22.3. The summed E-state index contributed by atoms with van der Waals surface area (Å²) in [7, 11) is 0. The fourth-order valence-electron chi connectivity index (χ4n) is 1.15. The molecule has 0 aromatic carbocycles. The highest BCUT2D eigenvalue weighted by atomic mass is 32.2. The maximum absolute atomic E-state index is 11.1. The molecule has 0 bridgehead atoms. The van der Waals surface area contributed by atoms with Crippen LogP contribution in [-0.2, 0) is 14.4 Å². The first-order chi connectivity index (χ1) is 6.91. The van der Waals surface area contributed by atoms with Gasteiger partial charge in [-0.05, 0) is 0 Å². The van der Waals surface area contributed by atoms with Gasteiger partial charge in [0.25, 0.3) is 5.24 Å². The van der Waals surface area contributed by atoms with E-state index in [-0.39, 0.29) is 0 Å². The van der Waals surface area contributed by atoms with Gasteiger partial charge in [-0.2, -0.15) is 0 Å². The summed E-state index contributed by atoms with van der Waals surface area (Å²) in [6, 6.07) is 0. The number of carboxylic acid groups (broad SMARTS) is 2. The number of hydrogen-bond acceptors (Lipinski definition) is 5. The van der Waals surface area contributed by atoms with E-state index in [1.165, 1.54) is 0 Å². The second kappa shape index (κ2) is 4.30. The Labute approximate surface area is 87.8 Å². The standard InChI is InChI=1S/C7H7NO6S/c9-3(10)1-2(6(12)13)4-5(11)8-7(14)15-4/h2,4H,1H2,(H,9,10)(H,12,13)(H,8,11,14)/t2-,4-/m1/s1. The van der Waals surface area contributed by atoms with Crippen molar-refractivity contribution in [2.45, 2.75) is 11.7 Å². The second-order valence-electron chi connectivity index (χ2n) is 2.86. The van der Waals surface area contributed by atoms with Gasteiger partial charge in [-0.25, -0.2) is 0 Å². The summed E-state index contributed by atoms with van der Waals surface area (Å²) in [4.78, 5) is 42.9. The van der Waals surface area contributed by atoms with E-state index in [2.05, 4.69) is 0 Å². The van der Waals surface area contributed by atoms with E-state index in [1.807, 2.05) is 5.32 Å². The van der Waals surface area contributed by atoms with Crippen LogP contribution in [0.1, 0.15) is 6.42 Å². The van der Waals surface area contributed by atoms with E-state index >= 15 is 0 Å². The maximum Gasteiger partial charge on any atom is 0.308 e. The maximum atomic E-state index is 11.1. The number of rotatable bonds is 4. The molecule has 0 aromatic rings. The Hall–Kier alpha value is -1.57. The molecule has 8 heteroatoms. The van der Waals surface area contributed by atoms with E-state index in [4.69, 9.17) is 10.2 Å². The fourth-order valence-corrected chi connectivity index (χ4v) is 2.08. The Morgan fingerprint density at radius 2 is 2.00 bits per heavy atom. The zero-order valence-corrected chi connectivity index (χ0v) is 8.11. The summed E-state index contributed by atoms with van der Waals surface area (Å²) >= 11 is 0.508. The van der Waals surface area contributed by atoms with Crippen LogP contribution in [0.15, 0.2) is 0 Å². The van der Waals surface area contributed by atoms with Gasteiger partial charge in [0, 0.05) is 0 Å². The van der Waals surface area contributed by atoms with Crippen LogP contribution in [0.2, 0.25) is 0 Å². The van der Waals surface area contributed by atoms with E-state index in [1.54, 1.807) is 0 Å². The van der Waals surface area contributed by atoms with Crippen molar-refractivity contribution >= 4 is 34.8 Å². The van der Waals surface area contributed by atoms with Crippen molar-refractivity contribution in [1.29, 1.82) is 0 Å². The lowest BCUT2D eigenvalue weighted by molar-refractivity contribution is -0.149. The molecule has 0 spiro atoms. The van der Waals surface area contributed by atoms with Crippen molar-refractivity contribution in [3.05, 3.63) is 0 Å². The van der Waals surface area contributed by atoms with Gasteiger partial charge in [0.2, 0.25) is 5.91 Å². The summed E-state index contributed by atoms with van der Waals surface area (Å²) in [6.07, 6.45) is -0.687. The van der Waals surface area contributed by atoms with Gasteiger partial charge in [0.05, 0.1) is 12.3 Å². The Morgan fingerprint density at radius 3 is 2.33 bits per heavy atom. The molecule has 1 rings (SSSR count). The molecule has 1 fully saturated rings. The molecule has 2 atom stereocenters. The minimum absolute atomic E-state index is 0.508. The number of carboxylic acids is 2. The minimum Gasteiger partial charge on any atom is -0.481 e. The monoisotopic (exact) mass is 233 g/mol. The quantitative estimate of drug-likeness (QED) is 0.599. The van der Waals surface area contributed by atoms with Crippen molar-refractivity contribution in [3.8, 4) is 0 Å². The molecule has 1 aliphatic heterocycles. The fraction of sp³-hybridized carbons (Fsp3) is 0.429.